The summed E-state index contributed by atoms with van der Waals surface area (Å²) in [6, 6.07) is 10.6. The molecule has 0 aliphatic carbocycles. The van der Waals surface area contributed by atoms with Crippen LogP contribution in [0.5, 0.6) is 0 Å². The fourth-order valence-electron chi connectivity index (χ4n) is 3.22. The average Bonchev–Trinajstić information content (AvgIpc) is 2.72. The summed E-state index contributed by atoms with van der Waals surface area (Å²) < 4.78 is 10.8. The second kappa shape index (κ2) is 10.0. The lowest BCUT2D eigenvalue weighted by Gasteiger charge is -2.34. The Hall–Kier alpha value is -2.66. The van der Waals surface area contributed by atoms with E-state index in [1.807, 2.05) is 19.3 Å². The van der Waals surface area contributed by atoms with Crippen LogP contribution in [0.4, 0.5) is 5.69 Å². The van der Waals surface area contributed by atoms with E-state index in [2.05, 4.69) is 59.3 Å². The molecule has 1 aliphatic rings. The molecule has 0 N–H and O–H groups in total. The molecule has 5 nitrogen and oxygen atoms in total. The third-order valence-corrected chi connectivity index (χ3v) is 4.77. The second-order valence-electron chi connectivity index (χ2n) is 7.00. The number of hydrogen-bond donors (Lipinski definition) is 0. The summed E-state index contributed by atoms with van der Waals surface area (Å²) >= 11 is 0. The Morgan fingerprint density at radius 1 is 1.25 bits per heavy atom. The predicted molar refractivity (Wildman–Crippen MR) is 112 cm³/mol. The number of rotatable bonds is 7. The van der Waals surface area contributed by atoms with Crippen LogP contribution < -0.4 is 4.90 Å². The van der Waals surface area contributed by atoms with Crippen molar-refractivity contribution >= 4 is 23.8 Å². The van der Waals surface area contributed by atoms with Crippen LogP contribution in [-0.4, -0.2) is 43.4 Å². The van der Waals surface area contributed by atoms with Gasteiger partial charge in [0.2, 0.25) is 0 Å². The van der Waals surface area contributed by atoms with Crippen LogP contribution in [-0.2, 0) is 14.3 Å². The molecule has 1 saturated heterocycles. The van der Waals surface area contributed by atoms with E-state index in [1.165, 1.54) is 11.1 Å². The standard InChI is InChI=1S/C23H28N2O3/c1-3-27-23(26)11-10-22-17-25(12-13-28-22)21-14-20(15-24-16-21)9-8-19-6-4-18(2)5-7-19/h4-9,14-16,22H,3,10-13,17H2,1-2H3/b9-8+. The quantitative estimate of drug-likeness (QED) is 0.677. The summed E-state index contributed by atoms with van der Waals surface area (Å²) in [6.45, 7) is 6.56. The van der Waals surface area contributed by atoms with E-state index < -0.39 is 0 Å². The van der Waals surface area contributed by atoms with Crippen molar-refractivity contribution in [2.75, 3.05) is 31.2 Å². The van der Waals surface area contributed by atoms with Gasteiger partial charge in [-0.2, -0.15) is 0 Å². The fraction of sp³-hybridized carbons (Fsp3) is 0.391. The molecule has 0 radical (unpaired) electrons. The zero-order valence-electron chi connectivity index (χ0n) is 16.6. The van der Waals surface area contributed by atoms with Gasteiger partial charge in [-0.1, -0.05) is 42.0 Å². The van der Waals surface area contributed by atoms with Crippen LogP contribution in [0.2, 0.25) is 0 Å². The first-order valence-corrected chi connectivity index (χ1v) is 9.86. The van der Waals surface area contributed by atoms with Crippen LogP contribution in [0.15, 0.2) is 42.7 Å². The van der Waals surface area contributed by atoms with Crippen molar-refractivity contribution in [3.8, 4) is 0 Å². The average molecular weight is 380 g/mol. The zero-order valence-corrected chi connectivity index (χ0v) is 16.6. The van der Waals surface area contributed by atoms with Crippen molar-refractivity contribution in [2.45, 2.75) is 32.8 Å². The maximum atomic E-state index is 11.6. The number of hydrogen-bond acceptors (Lipinski definition) is 5. The number of carbonyl (C=O) groups is 1. The van der Waals surface area contributed by atoms with Crippen LogP contribution >= 0.6 is 0 Å². The number of carbonyl (C=O) groups excluding carboxylic acids is 1. The van der Waals surface area contributed by atoms with Crippen molar-refractivity contribution in [1.82, 2.24) is 4.98 Å². The third-order valence-electron chi connectivity index (χ3n) is 4.77. The fourth-order valence-corrected chi connectivity index (χ4v) is 3.22. The first-order valence-electron chi connectivity index (χ1n) is 9.86. The van der Waals surface area contributed by atoms with Crippen LogP contribution in [0, 0.1) is 6.92 Å². The molecule has 0 bridgehead atoms. The van der Waals surface area contributed by atoms with E-state index >= 15 is 0 Å². The second-order valence-corrected chi connectivity index (χ2v) is 7.00. The lowest BCUT2D eigenvalue weighted by molar-refractivity contribution is -0.144. The number of morpholine rings is 1. The van der Waals surface area contributed by atoms with E-state index in [-0.39, 0.29) is 12.1 Å². The van der Waals surface area contributed by atoms with Crippen LogP contribution in [0.1, 0.15) is 36.5 Å². The number of aromatic nitrogens is 1. The van der Waals surface area contributed by atoms with Gasteiger partial charge in [0.1, 0.15) is 0 Å². The van der Waals surface area contributed by atoms with Gasteiger partial charge in [0.25, 0.3) is 0 Å². The lowest BCUT2D eigenvalue weighted by Crippen LogP contribution is -2.42. The zero-order chi connectivity index (χ0) is 19.8. The first kappa shape index (κ1) is 20.1. The molecular weight excluding hydrogens is 352 g/mol. The maximum absolute atomic E-state index is 11.6. The van der Waals surface area contributed by atoms with Gasteiger partial charge in [0, 0.05) is 25.7 Å². The molecule has 0 spiro atoms. The highest BCUT2D eigenvalue weighted by molar-refractivity contribution is 5.71. The molecule has 2 aromatic rings. The summed E-state index contributed by atoms with van der Waals surface area (Å²) in [4.78, 5) is 18.3. The summed E-state index contributed by atoms with van der Waals surface area (Å²) in [5.41, 5.74) is 4.56. The van der Waals surface area contributed by atoms with Crippen LogP contribution in [0.3, 0.4) is 0 Å². The smallest absolute Gasteiger partial charge is 0.305 e. The molecular formula is C23H28N2O3. The topological polar surface area (TPSA) is 51.7 Å². The van der Waals surface area contributed by atoms with E-state index in [1.54, 1.807) is 0 Å². The first-order chi connectivity index (χ1) is 13.6. The lowest BCUT2D eigenvalue weighted by atomic mass is 10.1. The van der Waals surface area contributed by atoms with Crippen molar-refractivity contribution in [3.63, 3.8) is 0 Å². The SMILES string of the molecule is CCOC(=O)CCC1CN(c2cncc(/C=C/c3ccc(C)cc3)c2)CCO1. The summed E-state index contributed by atoms with van der Waals surface area (Å²) in [5, 5.41) is 0. The molecule has 2 heterocycles. The normalized spacial score (nSPS) is 17.1. The number of anilines is 1. The summed E-state index contributed by atoms with van der Waals surface area (Å²) in [6.07, 6.45) is 9.04. The minimum Gasteiger partial charge on any atom is -0.466 e. The third kappa shape index (κ3) is 5.92. The van der Waals surface area contributed by atoms with Crippen molar-refractivity contribution in [3.05, 3.63) is 59.4 Å². The van der Waals surface area contributed by atoms with Gasteiger partial charge in [0.15, 0.2) is 0 Å². The minimum atomic E-state index is -0.159. The number of benzene rings is 1. The molecule has 0 saturated carbocycles. The minimum absolute atomic E-state index is 0.0323. The predicted octanol–water partition coefficient (Wildman–Crippen LogP) is 4.11. The highest BCUT2D eigenvalue weighted by Gasteiger charge is 2.22. The molecule has 28 heavy (non-hydrogen) atoms. The van der Waals surface area contributed by atoms with Crippen molar-refractivity contribution in [1.29, 1.82) is 0 Å². The Bertz CT molecular complexity index is 802. The summed E-state index contributed by atoms with van der Waals surface area (Å²) in [5.74, 6) is -0.159. The molecule has 3 rings (SSSR count). The van der Waals surface area contributed by atoms with Gasteiger partial charge in [-0.25, -0.2) is 0 Å². The molecule has 1 aromatic heterocycles. The molecule has 5 heteroatoms. The largest absolute Gasteiger partial charge is 0.466 e. The van der Waals surface area contributed by atoms with Gasteiger partial charge in [-0.05, 0) is 37.5 Å². The van der Waals surface area contributed by atoms with E-state index in [0.717, 1.165) is 24.3 Å². The molecule has 0 amide bonds. The molecule has 1 atom stereocenters. The Balaban J connectivity index is 1.61. The van der Waals surface area contributed by atoms with Gasteiger partial charge in [0.05, 0.1) is 31.2 Å². The Morgan fingerprint density at radius 2 is 2.04 bits per heavy atom. The Morgan fingerprint density at radius 3 is 2.82 bits per heavy atom. The number of nitrogens with zero attached hydrogens (tertiary/aromatic N) is 2. The molecule has 1 aromatic carbocycles. The highest BCUT2D eigenvalue weighted by atomic mass is 16.5. The molecule has 148 valence electrons. The number of esters is 1. The summed E-state index contributed by atoms with van der Waals surface area (Å²) in [7, 11) is 0. The highest BCUT2D eigenvalue weighted by Crippen LogP contribution is 2.21. The van der Waals surface area contributed by atoms with Crippen LogP contribution in [0.25, 0.3) is 12.2 Å². The van der Waals surface area contributed by atoms with Gasteiger partial charge >= 0.3 is 5.97 Å². The maximum Gasteiger partial charge on any atom is 0.305 e. The van der Waals surface area contributed by atoms with E-state index in [4.69, 9.17) is 9.47 Å². The van der Waals surface area contributed by atoms with Crippen molar-refractivity contribution in [2.24, 2.45) is 0 Å². The number of ether oxygens (including phenoxy) is 2. The van der Waals surface area contributed by atoms with Crippen molar-refractivity contribution < 1.29 is 14.3 Å². The van der Waals surface area contributed by atoms with Gasteiger partial charge < -0.3 is 14.4 Å². The Labute approximate surface area is 167 Å². The monoisotopic (exact) mass is 380 g/mol. The molecule has 1 fully saturated rings. The van der Waals surface area contributed by atoms with E-state index in [9.17, 15) is 4.79 Å². The van der Waals surface area contributed by atoms with Gasteiger partial charge in [-0.3, -0.25) is 9.78 Å². The number of aryl methyl sites for hydroxylation is 1. The van der Waals surface area contributed by atoms with E-state index in [0.29, 0.717) is 26.1 Å². The Kier molecular flexibility index (Phi) is 7.20. The van der Waals surface area contributed by atoms with Gasteiger partial charge in [-0.15, -0.1) is 0 Å². The molecule has 1 aliphatic heterocycles. The molecule has 1 unspecified atom stereocenters. The number of pyridine rings is 1.